The lowest BCUT2D eigenvalue weighted by Crippen LogP contribution is -2.16. The molecule has 2 heteroatoms. The molecule has 0 amide bonds. The molecule has 0 unspecified atom stereocenters. The molecule has 0 spiro atoms. The van der Waals surface area contributed by atoms with E-state index in [2.05, 4.69) is 95.2 Å². The van der Waals surface area contributed by atoms with Gasteiger partial charge in [-0.1, -0.05) is 107 Å². The average Bonchev–Trinajstić information content (AvgIpc) is 2.51. The zero-order valence-electron chi connectivity index (χ0n) is 21.4. The number of rotatable bonds is 0. The van der Waals surface area contributed by atoms with E-state index < -0.39 is 0 Å². The van der Waals surface area contributed by atoms with E-state index in [1.807, 2.05) is 12.1 Å². The van der Waals surface area contributed by atoms with Crippen LogP contribution in [0.2, 0.25) is 0 Å². The lowest BCUT2D eigenvalue weighted by atomic mass is 9.80. The Kier molecular flexibility index (Phi) is 7.52. The summed E-state index contributed by atoms with van der Waals surface area (Å²) in [4.78, 5) is 0. The maximum atomic E-state index is 9.84. The monoisotopic (exact) mass is 412 g/mol. The van der Waals surface area contributed by atoms with Crippen LogP contribution in [-0.2, 0) is 21.7 Å². The SMILES string of the molecule is CC(C)(C)c1ccc(O)c(C(C)(C)C)c1.CC(C)(C)c1ccc(O)c(C(C)(C)C)c1. The molecule has 0 bridgehead atoms. The molecular formula is C28H44O2. The van der Waals surface area contributed by atoms with Crippen molar-refractivity contribution >= 4 is 0 Å². The van der Waals surface area contributed by atoms with Gasteiger partial charge in [0.15, 0.2) is 0 Å². The molecule has 2 rings (SSSR count). The second-order valence-electron chi connectivity index (χ2n) is 12.5. The molecule has 0 radical (unpaired) electrons. The molecule has 168 valence electrons. The summed E-state index contributed by atoms with van der Waals surface area (Å²) in [5.41, 5.74) is 4.83. The summed E-state index contributed by atoms with van der Waals surface area (Å²) >= 11 is 0. The number of hydrogen-bond donors (Lipinski definition) is 2. The van der Waals surface area contributed by atoms with Crippen molar-refractivity contribution in [1.29, 1.82) is 0 Å². The maximum absolute atomic E-state index is 9.84. The third-order valence-electron chi connectivity index (χ3n) is 5.34. The highest BCUT2D eigenvalue weighted by Crippen LogP contribution is 2.35. The van der Waals surface area contributed by atoms with Crippen LogP contribution >= 0.6 is 0 Å². The van der Waals surface area contributed by atoms with Crippen LogP contribution in [0.3, 0.4) is 0 Å². The summed E-state index contributed by atoms with van der Waals surface area (Å²) in [5.74, 6) is 0.797. The van der Waals surface area contributed by atoms with Gasteiger partial charge in [0.1, 0.15) is 11.5 Å². The molecule has 2 N–H and O–H groups in total. The summed E-state index contributed by atoms with van der Waals surface area (Å²) in [6.45, 7) is 25.8. The minimum absolute atomic E-state index is 0.00859. The van der Waals surface area contributed by atoms with Gasteiger partial charge in [-0.25, -0.2) is 0 Å². The van der Waals surface area contributed by atoms with Gasteiger partial charge >= 0.3 is 0 Å². The van der Waals surface area contributed by atoms with Gasteiger partial charge < -0.3 is 10.2 Å². The molecule has 2 nitrogen and oxygen atoms in total. The van der Waals surface area contributed by atoms with E-state index in [-0.39, 0.29) is 21.7 Å². The van der Waals surface area contributed by atoms with Crippen LogP contribution in [0.25, 0.3) is 0 Å². The molecular weight excluding hydrogens is 368 g/mol. The molecule has 0 heterocycles. The molecule has 0 aliphatic rings. The number of aromatic hydroxyl groups is 2. The second kappa shape index (κ2) is 8.65. The Labute approximate surface area is 185 Å². The van der Waals surface area contributed by atoms with Crippen LogP contribution in [-0.4, -0.2) is 10.2 Å². The van der Waals surface area contributed by atoms with E-state index in [1.54, 1.807) is 12.1 Å². The van der Waals surface area contributed by atoms with Gasteiger partial charge in [0.05, 0.1) is 0 Å². The second-order valence-corrected chi connectivity index (χ2v) is 12.5. The fourth-order valence-electron chi connectivity index (χ4n) is 3.21. The minimum Gasteiger partial charge on any atom is -0.508 e. The Morgan fingerprint density at radius 3 is 0.900 bits per heavy atom. The van der Waals surface area contributed by atoms with Crippen LogP contribution in [0.4, 0.5) is 0 Å². The third-order valence-corrected chi connectivity index (χ3v) is 5.34. The molecule has 0 saturated carbocycles. The summed E-state index contributed by atoms with van der Waals surface area (Å²) in [5, 5.41) is 19.7. The standard InChI is InChI=1S/2C14H22O/c2*1-13(2,3)10-7-8-12(15)11(9-10)14(4,5)6/h2*7-9,15H,1-6H3. The smallest absolute Gasteiger partial charge is 0.119 e. The Morgan fingerprint density at radius 1 is 0.433 bits per heavy atom. The molecule has 0 saturated heterocycles. The Morgan fingerprint density at radius 2 is 0.700 bits per heavy atom. The molecule has 30 heavy (non-hydrogen) atoms. The minimum atomic E-state index is -0.00859. The molecule has 0 aliphatic carbocycles. The van der Waals surface area contributed by atoms with Gasteiger partial charge in [-0.2, -0.15) is 0 Å². The maximum Gasteiger partial charge on any atom is 0.119 e. The van der Waals surface area contributed by atoms with Crippen molar-refractivity contribution in [2.45, 2.75) is 105 Å². The predicted octanol–water partition coefficient (Wildman–Crippen LogP) is 7.97. The van der Waals surface area contributed by atoms with Crippen LogP contribution in [0.5, 0.6) is 11.5 Å². The van der Waals surface area contributed by atoms with Crippen molar-refractivity contribution in [3.63, 3.8) is 0 Å². The molecule has 0 fully saturated rings. The van der Waals surface area contributed by atoms with E-state index in [9.17, 15) is 10.2 Å². The van der Waals surface area contributed by atoms with Crippen LogP contribution in [0.15, 0.2) is 36.4 Å². The Hall–Kier alpha value is -1.96. The quantitative estimate of drug-likeness (QED) is 0.460. The van der Waals surface area contributed by atoms with Gasteiger partial charge in [0, 0.05) is 0 Å². The zero-order chi connectivity index (χ0) is 23.7. The van der Waals surface area contributed by atoms with Crippen molar-refractivity contribution in [1.82, 2.24) is 0 Å². The van der Waals surface area contributed by atoms with Crippen molar-refractivity contribution in [2.24, 2.45) is 0 Å². The first kappa shape index (κ1) is 26.1. The lowest BCUT2D eigenvalue weighted by molar-refractivity contribution is 0.444. The number of benzene rings is 2. The molecule has 2 aromatic carbocycles. The normalized spacial score (nSPS) is 12.9. The van der Waals surface area contributed by atoms with Crippen molar-refractivity contribution in [3.8, 4) is 11.5 Å². The van der Waals surface area contributed by atoms with E-state index in [1.165, 1.54) is 11.1 Å². The van der Waals surface area contributed by atoms with Crippen LogP contribution < -0.4 is 0 Å². The first-order valence-corrected chi connectivity index (χ1v) is 10.9. The highest BCUT2D eigenvalue weighted by atomic mass is 16.3. The van der Waals surface area contributed by atoms with Gasteiger partial charge in [-0.3, -0.25) is 0 Å². The first-order chi connectivity index (χ1) is 13.2. The fourth-order valence-corrected chi connectivity index (χ4v) is 3.21. The zero-order valence-corrected chi connectivity index (χ0v) is 21.4. The molecule has 0 atom stereocenters. The van der Waals surface area contributed by atoms with Gasteiger partial charge in [-0.15, -0.1) is 0 Å². The van der Waals surface area contributed by atoms with Gasteiger partial charge in [-0.05, 0) is 56.0 Å². The number of phenols is 2. The van der Waals surface area contributed by atoms with Gasteiger partial charge in [0.25, 0.3) is 0 Å². The summed E-state index contributed by atoms with van der Waals surface area (Å²) in [7, 11) is 0. The van der Waals surface area contributed by atoms with E-state index in [0.717, 1.165) is 11.1 Å². The molecule has 0 aliphatic heterocycles. The Bertz CT molecular complexity index is 775. The third kappa shape index (κ3) is 7.07. The van der Waals surface area contributed by atoms with Crippen LogP contribution in [0, 0.1) is 0 Å². The van der Waals surface area contributed by atoms with E-state index >= 15 is 0 Å². The van der Waals surface area contributed by atoms with Crippen molar-refractivity contribution in [3.05, 3.63) is 58.7 Å². The summed E-state index contributed by atoms with van der Waals surface area (Å²) in [6, 6.07) is 11.9. The largest absolute Gasteiger partial charge is 0.508 e. The van der Waals surface area contributed by atoms with Gasteiger partial charge in [0.2, 0.25) is 0 Å². The highest BCUT2D eigenvalue weighted by Gasteiger charge is 2.23. The Balaban J connectivity index is 0.000000300. The molecule has 2 aromatic rings. The lowest BCUT2D eigenvalue weighted by Gasteiger charge is -2.25. The van der Waals surface area contributed by atoms with E-state index in [0.29, 0.717) is 11.5 Å². The first-order valence-electron chi connectivity index (χ1n) is 10.9. The van der Waals surface area contributed by atoms with E-state index in [4.69, 9.17) is 0 Å². The van der Waals surface area contributed by atoms with Crippen molar-refractivity contribution < 1.29 is 10.2 Å². The molecule has 0 aromatic heterocycles. The topological polar surface area (TPSA) is 40.5 Å². The van der Waals surface area contributed by atoms with Crippen molar-refractivity contribution in [2.75, 3.05) is 0 Å². The van der Waals surface area contributed by atoms with Crippen LogP contribution in [0.1, 0.15) is 105 Å². The average molecular weight is 413 g/mol. The fraction of sp³-hybridized carbons (Fsp3) is 0.571. The number of hydrogen-bond acceptors (Lipinski definition) is 2. The number of phenolic OH excluding ortho intramolecular Hbond substituents is 2. The predicted molar refractivity (Wildman–Crippen MR) is 131 cm³/mol. The highest BCUT2D eigenvalue weighted by molar-refractivity contribution is 5.43. The summed E-state index contributed by atoms with van der Waals surface area (Å²) < 4.78 is 0. The summed E-state index contributed by atoms with van der Waals surface area (Å²) in [6.07, 6.45) is 0.